The quantitative estimate of drug-likeness (QED) is 0.759. The number of halogens is 1. The molecule has 1 N–H and O–H groups in total. The molecule has 2 bridgehead atoms. The predicted octanol–water partition coefficient (Wildman–Crippen LogP) is 0.557. The normalized spacial score (nSPS) is 28.6. The van der Waals surface area contributed by atoms with E-state index in [0.29, 0.717) is 0 Å². The van der Waals surface area contributed by atoms with E-state index in [2.05, 4.69) is 31.2 Å². The molecule has 2 aliphatic heterocycles. The van der Waals surface area contributed by atoms with E-state index in [9.17, 15) is 5.11 Å². The van der Waals surface area contributed by atoms with Crippen molar-refractivity contribution in [3.63, 3.8) is 0 Å². The standard InChI is InChI=1S/C21H26NO.BrH/c1-2-22-15-13-20(17-22,14-16-22)21(23,18-9-5-3-6-10-18)19-11-7-4-8-12-19;/h3-12,23H,2,13-17H2,1H3;1H/q+1;/p-1. The lowest BCUT2D eigenvalue weighted by Gasteiger charge is -2.42. The zero-order valence-electron chi connectivity index (χ0n) is 14.3. The Morgan fingerprint density at radius 3 is 1.75 bits per heavy atom. The maximum atomic E-state index is 12.1. The highest BCUT2D eigenvalue weighted by molar-refractivity contribution is 5.39. The molecule has 128 valence electrons. The van der Waals surface area contributed by atoms with Crippen molar-refractivity contribution in [1.82, 2.24) is 0 Å². The highest BCUT2D eigenvalue weighted by Crippen LogP contribution is 2.58. The van der Waals surface area contributed by atoms with Crippen molar-refractivity contribution in [2.75, 3.05) is 26.2 Å². The van der Waals surface area contributed by atoms with Gasteiger partial charge in [-0.2, -0.15) is 0 Å². The number of rotatable bonds is 4. The third kappa shape index (κ3) is 2.37. The van der Waals surface area contributed by atoms with E-state index in [1.54, 1.807) is 0 Å². The minimum atomic E-state index is -0.888. The molecule has 0 aliphatic carbocycles. The highest BCUT2D eigenvalue weighted by atomic mass is 79.9. The van der Waals surface area contributed by atoms with Gasteiger partial charge in [-0.25, -0.2) is 0 Å². The molecule has 2 fully saturated rings. The van der Waals surface area contributed by atoms with Crippen LogP contribution in [-0.4, -0.2) is 35.8 Å². The van der Waals surface area contributed by atoms with Gasteiger partial charge in [0.1, 0.15) is 5.60 Å². The van der Waals surface area contributed by atoms with E-state index < -0.39 is 5.60 Å². The Bertz CT molecular complexity index is 638. The summed E-state index contributed by atoms with van der Waals surface area (Å²) in [5, 5.41) is 12.1. The molecule has 2 nitrogen and oxygen atoms in total. The van der Waals surface area contributed by atoms with Gasteiger partial charge in [0, 0.05) is 12.8 Å². The monoisotopic (exact) mass is 387 g/mol. The molecule has 0 amide bonds. The minimum absolute atomic E-state index is 0. The van der Waals surface area contributed by atoms with Crippen molar-refractivity contribution in [3.8, 4) is 0 Å². The van der Waals surface area contributed by atoms with Crippen LogP contribution < -0.4 is 17.0 Å². The molecule has 0 radical (unpaired) electrons. The van der Waals surface area contributed by atoms with Crippen LogP contribution in [0.1, 0.15) is 30.9 Å². The second kappa shape index (κ2) is 6.29. The molecule has 2 aromatic carbocycles. The van der Waals surface area contributed by atoms with Gasteiger partial charge in [0.15, 0.2) is 0 Å². The van der Waals surface area contributed by atoms with Crippen molar-refractivity contribution in [1.29, 1.82) is 0 Å². The molecule has 0 saturated carbocycles. The van der Waals surface area contributed by atoms with E-state index in [1.165, 1.54) is 24.1 Å². The highest BCUT2D eigenvalue weighted by Gasteiger charge is 2.65. The molecule has 2 aromatic rings. The number of quaternary nitrogens is 1. The lowest BCUT2D eigenvalue weighted by Crippen LogP contribution is -3.00. The Hall–Kier alpha value is -1.16. The average Bonchev–Trinajstić information content (AvgIpc) is 3.21. The van der Waals surface area contributed by atoms with Crippen molar-refractivity contribution in [3.05, 3.63) is 71.8 Å². The first-order valence-electron chi connectivity index (χ1n) is 8.83. The summed E-state index contributed by atoms with van der Waals surface area (Å²) >= 11 is 0. The summed E-state index contributed by atoms with van der Waals surface area (Å²) in [6.07, 6.45) is 2.22. The zero-order valence-corrected chi connectivity index (χ0v) is 15.9. The average molecular weight is 388 g/mol. The largest absolute Gasteiger partial charge is 1.00 e. The molecule has 2 saturated heterocycles. The number of piperidine rings is 1. The second-order valence-corrected chi connectivity index (χ2v) is 7.49. The van der Waals surface area contributed by atoms with Crippen LogP contribution in [0.2, 0.25) is 0 Å². The fourth-order valence-corrected chi connectivity index (χ4v) is 5.14. The molecule has 4 rings (SSSR count). The molecular weight excluding hydrogens is 362 g/mol. The van der Waals surface area contributed by atoms with Crippen LogP contribution in [0.15, 0.2) is 60.7 Å². The van der Waals surface area contributed by atoms with Crippen LogP contribution in [0.4, 0.5) is 0 Å². The Morgan fingerprint density at radius 1 is 0.917 bits per heavy atom. The maximum Gasteiger partial charge on any atom is 0.126 e. The van der Waals surface area contributed by atoms with E-state index in [-0.39, 0.29) is 22.4 Å². The SMILES string of the molecule is CC[N+]12CCC(C(O)(c3ccccc3)c3ccccc3)(CC1)C2.[Br-]. The molecule has 0 atom stereocenters. The van der Waals surface area contributed by atoms with Crippen molar-refractivity contribution in [2.24, 2.45) is 5.41 Å². The Balaban J connectivity index is 0.00000169. The van der Waals surface area contributed by atoms with Crippen LogP contribution in [0, 0.1) is 5.41 Å². The van der Waals surface area contributed by atoms with Gasteiger partial charge >= 0.3 is 0 Å². The first kappa shape index (κ1) is 17.7. The molecule has 24 heavy (non-hydrogen) atoms. The fraction of sp³-hybridized carbons (Fsp3) is 0.429. The minimum Gasteiger partial charge on any atom is -1.00 e. The number of aliphatic hydroxyl groups is 1. The zero-order chi connectivity index (χ0) is 16.0. The van der Waals surface area contributed by atoms with E-state index in [1.807, 2.05) is 36.4 Å². The second-order valence-electron chi connectivity index (χ2n) is 7.49. The summed E-state index contributed by atoms with van der Waals surface area (Å²) < 4.78 is 1.18. The molecule has 3 heteroatoms. The van der Waals surface area contributed by atoms with Gasteiger partial charge in [0.25, 0.3) is 0 Å². The van der Waals surface area contributed by atoms with Crippen LogP contribution in [0.5, 0.6) is 0 Å². The fourth-order valence-electron chi connectivity index (χ4n) is 5.14. The van der Waals surface area contributed by atoms with Gasteiger partial charge in [0.2, 0.25) is 0 Å². The van der Waals surface area contributed by atoms with Crippen molar-refractivity contribution < 1.29 is 26.6 Å². The van der Waals surface area contributed by atoms with Crippen LogP contribution in [0.25, 0.3) is 0 Å². The Labute approximate surface area is 155 Å². The Morgan fingerprint density at radius 2 is 1.38 bits per heavy atom. The maximum absolute atomic E-state index is 12.1. The van der Waals surface area contributed by atoms with Crippen molar-refractivity contribution >= 4 is 0 Å². The van der Waals surface area contributed by atoms with Gasteiger partial charge in [0.05, 0.1) is 31.6 Å². The topological polar surface area (TPSA) is 20.2 Å². The lowest BCUT2D eigenvalue weighted by atomic mass is 9.63. The van der Waals surface area contributed by atoms with Crippen LogP contribution >= 0.6 is 0 Å². The van der Waals surface area contributed by atoms with Gasteiger partial charge in [-0.15, -0.1) is 0 Å². The third-order valence-electron chi connectivity index (χ3n) is 6.59. The summed E-state index contributed by atoms with van der Waals surface area (Å²) in [5.74, 6) is 0. The summed E-state index contributed by atoms with van der Waals surface area (Å²) in [5.41, 5.74) is 1.17. The number of benzene rings is 2. The van der Waals surface area contributed by atoms with E-state index in [4.69, 9.17) is 0 Å². The number of hydrogen-bond acceptors (Lipinski definition) is 1. The third-order valence-corrected chi connectivity index (χ3v) is 6.59. The van der Waals surface area contributed by atoms with E-state index in [0.717, 1.165) is 30.5 Å². The molecule has 2 heterocycles. The lowest BCUT2D eigenvalue weighted by molar-refractivity contribution is -0.907. The molecule has 2 aliphatic rings. The smallest absolute Gasteiger partial charge is 0.126 e. The van der Waals surface area contributed by atoms with Gasteiger partial charge in [-0.1, -0.05) is 60.7 Å². The van der Waals surface area contributed by atoms with Crippen LogP contribution in [-0.2, 0) is 5.60 Å². The summed E-state index contributed by atoms with van der Waals surface area (Å²) in [6.45, 7) is 6.99. The molecule has 0 unspecified atom stereocenters. The van der Waals surface area contributed by atoms with Crippen molar-refractivity contribution in [2.45, 2.75) is 25.4 Å². The first-order valence-corrected chi connectivity index (χ1v) is 8.83. The van der Waals surface area contributed by atoms with Crippen LogP contribution in [0.3, 0.4) is 0 Å². The molecular formula is C21H26BrNO. The first-order chi connectivity index (χ1) is 11.1. The molecule has 0 spiro atoms. The summed E-state index contributed by atoms with van der Waals surface area (Å²) in [7, 11) is 0. The predicted molar refractivity (Wildman–Crippen MR) is 93.0 cm³/mol. The Kier molecular flexibility index (Phi) is 4.63. The van der Waals surface area contributed by atoms with E-state index >= 15 is 0 Å². The number of fused-ring (bicyclic) bond motifs is 2. The van der Waals surface area contributed by atoms with Gasteiger partial charge < -0.3 is 26.6 Å². The molecule has 0 aromatic heterocycles. The summed E-state index contributed by atoms with van der Waals surface area (Å²) in [6, 6.07) is 20.6. The van der Waals surface area contributed by atoms with Gasteiger partial charge in [-0.05, 0) is 18.1 Å². The number of nitrogens with zero attached hydrogens (tertiary/aromatic N) is 1. The number of hydrogen-bond donors (Lipinski definition) is 1. The van der Waals surface area contributed by atoms with Gasteiger partial charge in [-0.3, -0.25) is 0 Å². The summed E-state index contributed by atoms with van der Waals surface area (Å²) in [4.78, 5) is 0.